The molecule has 0 aromatic heterocycles. The van der Waals surface area contributed by atoms with Gasteiger partial charge in [0.15, 0.2) is 0 Å². The topological polar surface area (TPSA) is 64.0 Å². The molecule has 1 saturated carbocycles. The van der Waals surface area contributed by atoms with Crippen molar-refractivity contribution in [3.05, 3.63) is 0 Å². The molecule has 0 unspecified atom stereocenters. The van der Waals surface area contributed by atoms with Crippen molar-refractivity contribution in [2.75, 3.05) is 39.3 Å². The summed E-state index contributed by atoms with van der Waals surface area (Å²) in [4.78, 5) is 15.8. The summed E-state index contributed by atoms with van der Waals surface area (Å²) in [7, 11) is 0. The van der Waals surface area contributed by atoms with E-state index in [0.717, 1.165) is 38.8 Å². The molecule has 0 bridgehead atoms. The van der Waals surface area contributed by atoms with Gasteiger partial charge in [-0.25, -0.2) is 0 Å². The third kappa shape index (κ3) is 5.17. The molecule has 2 N–H and O–H groups in total. The van der Waals surface area contributed by atoms with Crippen molar-refractivity contribution in [1.82, 2.24) is 9.80 Å². The molecular formula is C19H36N2O3. The van der Waals surface area contributed by atoms with E-state index in [1.54, 1.807) is 6.92 Å². The smallest absolute Gasteiger partial charge is 0.219 e. The molecule has 0 aromatic rings. The summed E-state index contributed by atoms with van der Waals surface area (Å²) in [5.74, 6) is 0.825. The molecule has 1 amide bonds. The largest absolute Gasteiger partial charge is 0.396 e. The molecule has 1 aliphatic heterocycles. The summed E-state index contributed by atoms with van der Waals surface area (Å²) in [6.45, 7) is 12.0. The standard InChI is InChI=1S/C19H36N2O3/c1-15(23)21-10-9-20(11-16(12-21)13-22)14-19(24)7-5-17(6-8-19)18(2,3)4/h16-17,22,24H,5-14H2,1-4H3/t16-,17?,19?/m1/s1. The molecule has 1 saturated heterocycles. The van der Waals surface area contributed by atoms with Crippen LogP contribution in [0.1, 0.15) is 53.4 Å². The number of carbonyl (C=O) groups excluding carboxylic acids is 1. The maximum atomic E-state index is 11.7. The summed E-state index contributed by atoms with van der Waals surface area (Å²) in [6.07, 6.45) is 3.87. The first-order chi connectivity index (χ1) is 11.1. The lowest BCUT2D eigenvalue weighted by molar-refractivity contribution is -0.129. The minimum atomic E-state index is -0.618. The maximum absolute atomic E-state index is 11.7. The van der Waals surface area contributed by atoms with E-state index in [-0.39, 0.29) is 18.4 Å². The van der Waals surface area contributed by atoms with E-state index in [1.165, 1.54) is 0 Å². The molecule has 24 heavy (non-hydrogen) atoms. The molecule has 5 heteroatoms. The van der Waals surface area contributed by atoms with E-state index in [1.807, 2.05) is 4.90 Å². The first-order valence-corrected chi connectivity index (χ1v) is 9.44. The molecule has 5 nitrogen and oxygen atoms in total. The molecule has 1 heterocycles. The Kier molecular flexibility index (Phi) is 6.32. The van der Waals surface area contributed by atoms with Gasteiger partial charge in [0.1, 0.15) is 0 Å². The van der Waals surface area contributed by atoms with Gasteiger partial charge in [-0.2, -0.15) is 0 Å². The fourth-order valence-corrected chi connectivity index (χ4v) is 4.32. The van der Waals surface area contributed by atoms with Crippen LogP contribution in [0.5, 0.6) is 0 Å². The summed E-state index contributed by atoms with van der Waals surface area (Å²) < 4.78 is 0. The summed E-state index contributed by atoms with van der Waals surface area (Å²) in [6, 6.07) is 0. The number of aliphatic hydroxyl groups excluding tert-OH is 1. The molecular weight excluding hydrogens is 304 g/mol. The fraction of sp³-hybridized carbons (Fsp3) is 0.947. The van der Waals surface area contributed by atoms with Gasteiger partial charge < -0.3 is 15.1 Å². The van der Waals surface area contributed by atoms with Crippen LogP contribution in [0.3, 0.4) is 0 Å². The Bertz CT molecular complexity index is 425. The van der Waals surface area contributed by atoms with Gasteiger partial charge in [0.25, 0.3) is 0 Å². The molecule has 2 fully saturated rings. The second-order valence-electron chi connectivity index (χ2n) is 9.11. The quantitative estimate of drug-likeness (QED) is 0.821. The molecule has 0 aromatic carbocycles. The van der Waals surface area contributed by atoms with E-state index < -0.39 is 5.60 Å². The number of aliphatic hydroxyl groups is 2. The highest BCUT2D eigenvalue weighted by Crippen LogP contribution is 2.41. The van der Waals surface area contributed by atoms with Crippen LogP contribution in [-0.4, -0.2) is 70.9 Å². The van der Waals surface area contributed by atoms with Crippen LogP contribution in [0.15, 0.2) is 0 Å². The molecule has 2 aliphatic rings. The van der Waals surface area contributed by atoms with Crippen molar-refractivity contribution >= 4 is 5.91 Å². The van der Waals surface area contributed by atoms with E-state index in [9.17, 15) is 15.0 Å². The Labute approximate surface area is 147 Å². The number of rotatable bonds is 3. The minimum absolute atomic E-state index is 0.0692. The van der Waals surface area contributed by atoms with Gasteiger partial charge in [-0.05, 0) is 37.0 Å². The highest BCUT2D eigenvalue weighted by Gasteiger charge is 2.39. The van der Waals surface area contributed by atoms with Gasteiger partial charge in [-0.3, -0.25) is 9.69 Å². The lowest BCUT2D eigenvalue weighted by Crippen LogP contribution is -2.48. The molecule has 2 rings (SSSR count). The van der Waals surface area contributed by atoms with Crippen molar-refractivity contribution in [2.45, 2.75) is 59.0 Å². The number of carbonyl (C=O) groups is 1. The second kappa shape index (κ2) is 7.71. The van der Waals surface area contributed by atoms with Crippen LogP contribution in [0.2, 0.25) is 0 Å². The highest BCUT2D eigenvalue weighted by molar-refractivity contribution is 5.73. The molecule has 1 atom stereocenters. The van der Waals surface area contributed by atoms with Crippen molar-refractivity contribution in [3.63, 3.8) is 0 Å². The number of amides is 1. The Morgan fingerprint density at radius 1 is 1.17 bits per heavy atom. The van der Waals surface area contributed by atoms with Crippen molar-refractivity contribution in [2.24, 2.45) is 17.3 Å². The van der Waals surface area contributed by atoms with Gasteiger partial charge in [0, 0.05) is 52.2 Å². The first kappa shape index (κ1) is 19.7. The van der Waals surface area contributed by atoms with Crippen LogP contribution in [-0.2, 0) is 4.79 Å². The van der Waals surface area contributed by atoms with E-state index in [0.29, 0.717) is 31.0 Å². The SMILES string of the molecule is CC(=O)N1CCN(CC2(O)CCC(C(C)(C)C)CC2)C[C@@H](CO)C1. The summed E-state index contributed by atoms with van der Waals surface area (Å²) in [5.41, 5.74) is -0.305. The number of hydrogen-bond donors (Lipinski definition) is 2. The molecule has 0 spiro atoms. The molecule has 1 aliphatic carbocycles. The average molecular weight is 341 g/mol. The zero-order valence-electron chi connectivity index (χ0n) is 15.9. The minimum Gasteiger partial charge on any atom is -0.396 e. The third-order valence-electron chi connectivity index (χ3n) is 6.04. The lowest BCUT2D eigenvalue weighted by Gasteiger charge is -2.43. The summed E-state index contributed by atoms with van der Waals surface area (Å²) >= 11 is 0. The average Bonchev–Trinajstić information content (AvgIpc) is 2.68. The van der Waals surface area contributed by atoms with Crippen molar-refractivity contribution < 1.29 is 15.0 Å². The maximum Gasteiger partial charge on any atom is 0.219 e. The van der Waals surface area contributed by atoms with Gasteiger partial charge in [0.2, 0.25) is 5.91 Å². The van der Waals surface area contributed by atoms with Crippen LogP contribution in [0, 0.1) is 17.3 Å². The van der Waals surface area contributed by atoms with Crippen LogP contribution < -0.4 is 0 Å². The zero-order valence-corrected chi connectivity index (χ0v) is 15.9. The fourth-order valence-electron chi connectivity index (χ4n) is 4.32. The second-order valence-corrected chi connectivity index (χ2v) is 9.11. The van der Waals surface area contributed by atoms with E-state index in [2.05, 4.69) is 25.7 Å². The number of hydrogen-bond acceptors (Lipinski definition) is 4. The van der Waals surface area contributed by atoms with Gasteiger partial charge in [-0.1, -0.05) is 20.8 Å². The van der Waals surface area contributed by atoms with Crippen LogP contribution in [0.25, 0.3) is 0 Å². The number of nitrogens with zero attached hydrogens (tertiary/aromatic N) is 2. The molecule has 140 valence electrons. The Balaban J connectivity index is 1.93. The summed E-state index contributed by atoms with van der Waals surface area (Å²) in [5, 5.41) is 20.6. The Morgan fingerprint density at radius 2 is 1.79 bits per heavy atom. The Morgan fingerprint density at radius 3 is 2.29 bits per heavy atom. The zero-order chi connectivity index (χ0) is 18.0. The molecule has 0 radical (unpaired) electrons. The van der Waals surface area contributed by atoms with E-state index >= 15 is 0 Å². The van der Waals surface area contributed by atoms with Gasteiger partial charge in [0.05, 0.1) is 5.60 Å². The highest BCUT2D eigenvalue weighted by atomic mass is 16.3. The predicted octanol–water partition coefficient (Wildman–Crippen LogP) is 1.73. The van der Waals surface area contributed by atoms with Crippen molar-refractivity contribution in [1.29, 1.82) is 0 Å². The van der Waals surface area contributed by atoms with Crippen LogP contribution >= 0.6 is 0 Å². The predicted molar refractivity (Wildman–Crippen MR) is 95.6 cm³/mol. The first-order valence-electron chi connectivity index (χ1n) is 9.44. The third-order valence-corrected chi connectivity index (χ3v) is 6.04. The van der Waals surface area contributed by atoms with Crippen LogP contribution in [0.4, 0.5) is 0 Å². The van der Waals surface area contributed by atoms with Crippen molar-refractivity contribution in [3.8, 4) is 0 Å². The normalized spacial score (nSPS) is 33.3. The monoisotopic (exact) mass is 340 g/mol. The van der Waals surface area contributed by atoms with Gasteiger partial charge >= 0.3 is 0 Å². The Hall–Kier alpha value is -0.650. The lowest BCUT2D eigenvalue weighted by atomic mass is 9.68. The number of β-amino-alcohol motifs (C(OH)–C–C–N with tert-alkyl or cyclic N) is 1. The van der Waals surface area contributed by atoms with E-state index in [4.69, 9.17) is 0 Å². The van der Waals surface area contributed by atoms with Gasteiger partial charge in [-0.15, -0.1) is 0 Å².